The molecule has 1 rings (SSSR count). The second-order valence-corrected chi connectivity index (χ2v) is 5.82. The van der Waals surface area contributed by atoms with Gasteiger partial charge in [0.05, 0.1) is 0 Å². The van der Waals surface area contributed by atoms with E-state index in [1.165, 1.54) is 0 Å². The van der Waals surface area contributed by atoms with E-state index in [9.17, 15) is 9.90 Å². The van der Waals surface area contributed by atoms with Gasteiger partial charge < -0.3 is 10.4 Å². The zero-order valence-corrected chi connectivity index (χ0v) is 12.1. The maximum atomic E-state index is 11.2. The van der Waals surface area contributed by atoms with Crippen LogP contribution in [0.25, 0.3) is 0 Å². The van der Waals surface area contributed by atoms with Crippen molar-refractivity contribution in [1.29, 1.82) is 0 Å². The Morgan fingerprint density at radius 3 is 2.56 bits per heavy atom. The predicted octanol–water partition coefficient (Wildman–Crippen LogP) is 3.28. The molecular formula is C13H18ClNO2S. The van der Waals surface area contributed by atoms with Gasteiger partial charge in [-0.2, -0.15) is 0 Å². The van der Waals surface area contributed by atoms with Gasteiger partial charge in [-0.3, -0.25) is 4.79 Å². The Hall–Kier alpha value is -0.710. The molecular weight excluding hydrogens is 270 g/mol. The van der Waals surface area contributed by atoms with E-state index in [0.717, 1.165) is 10.6 Å². The number of halogens is 1. The number of rotatable bonds is 7. The van der Waals surface area contributed by atoms with E-state index in [1.54, 1.807) is 18.7 Å². The molecule has 0 fully saturated rings. The van der Waals surface area contributed by atoms with Gasteiger partial charge in [0, 0.05) is 15.7 Å². The number of likely N-dealkylation sites (N-methyl/N-ethyl adjacent to an activating group) is 1. The van der Waals surface area contributed by atoms with Crippen LogP contribution in [0.1, 0.15) is 20.3 Å². The molecule has 0 spiro atoms. The number of carboxylic acid groups (broad SMARTS) is 1. The van der Waals surface area contributed by atoms with E-state index in [4.69, 9.17) is 11.6 Å². The lowest BCUT2D eigenvalue weighted by Gasteiger charge is -2.25. The Balaban J connectivity index is 2.48. The monoisotopic (exact) mass is 287 g/mol. The first-order valence-corrected chi connectivity index (χ1v) is 7.21. The summed E-state index contributed by atoms with van der Waals surface area (Å²) in [5.41, 5.74) is -0.853. The molecule has 1 atom stereocenters. The minimum atomic E-state index is -0.853. The molecule has 0 saturated heterocycles. The number of carbonyl (C=O) groups is 1. The molecule has 0 saturated carbocycles. The average molecular weight is 288 g/mol. The number of aliphatic carboxylic acids is 1. The Labute approximate surface area is 117 Å². The van der Waals surface area contributed by atoms with Crippen LogP contribution < -0.4 is 5.32 Å². The summed E-state index contributed by atoms with van der Waals surface area (Å²) in [6.07, 6.45) is 0.573. The molecule has 18 heavy (non-hydrogen) atoms. The summed E-state index contributed by atoms with van der Waals surface area (Å²) < 4.78 is 0. The van der Waals surface area contributed by atoms with Gasteiger partial charge in [-0.05, 0) is 44.2 Å². The SMILES string of the molecule is CCNC(C)(CCSc1ccc(Cl)cc1)C(=O)O. The van der Waals surface area contributed by atoms with Crippen molar-refractivity contribution in [2.75, 3.05) is 12.3 Å². The quantitative estimate of drug-likeness (QED) is 0.756. The van der Waals surface area contributed by atoms with Crippen molar-refractivity contribution in [3.8, 4) is 0 Å². The maximum Gasteiger partial charge on any atom is 0.323 e. The molecule has 2 N–H and O–H groups in total. The van der Waals surface area contributed by atoms with Crippen molar-refractivity contribution in [1.82, 2.24) is 5.32 Å². The van der Waals surface area contributed by atoms with Crippen LogP contribution in [-0.2, 0) is 4.79 Å². The van der Waals surface area contributed by atoms with Crippen molar-refractivity contribution in [3.05, 3.63) is 29.3 Å². The summed E-state index contributed by atoms with van der Waals surface area (Å²) in [7, 11) is 0. The van der Waals surface area contributed by atoms with Gasteiger partial charge in [-0.1, -0.05) is 18.5 Å². The van der Waals surface area contributed by atoms with Crippen LogP contribution >= 0.6 is 23.4 Å². The Morgan fingerprint density at radius 2 is 2.06 bits per heavy atom. The lowest BCUT2D eigenvalue weighted by Crippen LogP contribution is -2.49. The van der Waals surface area contributed by atoms with Gasteiger partial charge in [-0.15, -0.1) is 11.8 Å². The van der Waals surface area contributed by atoms with Crippen molar-refractivity contribution in [2.45, 2.75) is 30.7 Å². The maximum absolute atomic E-state index is 11.2. The summed E-state index contributed by atoms with van der Waals surface area (Å²) in [5, 5.41) is 12.9. The number of nitrogens with one attached hydrogen (secondary N) is 1. The molecule has 0 radical (unpaired) electrons. The molecule has 0 aromatic heterocycles. The topological polar surface area (TPSA) is 49.3 Å². The van der Waals surface area contributed by atoms with E-state index in [0.29, 0.717) is 18.0 Å². The van der Waals surface area contributed by atoms with Crippen LogP contribution in [0.2, 0.25) is 5.02 Å². The van der Waals surface area contributed by atoms with Gasteiger partial charge in [0.25, 0.3) is 0 Å². The first-order chi connectivity index (χ1) is 8.48. The summed E-state index contributed by atoms with van der Waals surface area (Å²) in [6, 6.07) is 7.56. The largest absolute Gasteiger partial charge is 0.480 e. The number of hydrogen-bond donors (Lipinski definition) is 2. The first-order valence-electron chi connectivity index (χ1n) is 5.85. The Kier molecular flexibility index (Phi) is 5.99. The van der Waals surface area contributed by atoms with E-state index in [-0.39, 0.29) is 0 Å². The van der Waals surface area contributed by atoms with Crippen molar-refractivity contribution in [3.63, 3.8) is 0 Å². The first kappa shape index (κ1) is 15.3. The number of thioether (sulfide) groups is 1. The molecule has 3 nitrogen and oxygen atoms in total. The third-order valence-corrected chi connectivity index (χ3v) is 3.99. The number of benzene rings is 1. The second-order valence-electron chi connectivity index (χ2n) is 4.22. The highest BCUT2D eigenvalue weighted by molar-refractivity contribution is 7.99. The molecule has 0 aliphatic carbocycles. The number of carboxylic acids is 1. The highest BCUT2D eigenvalue weighted by Gasteiger charge is 2.31. The van der Waals surface area contributed by atoms with Gasteiger partial charge in [-0.25, -0.2) is 0 Å². The molecule has 1 aromatic carbocycles. The van der Waals surface area contributed by atoms with Crippen LogP contribution in [0.15, 0.2) is 29.2 Å². The van der Waals surface area contributed by atoms with Crippen molar-refractivity contribution < 1.29 is 9.90 Å². The zero-order chi connectivity index (χ0) is 13.6. The van der Waals surface area contributed by atoms with Crippen LogP contribution in [-0.4, -0.2) is 28.9 Å². The second kappa shape index (κ2) is 7.02. The predicted molar refractivity (Wildman–Crippen MR) is 76.5 cm³/mol. The third-order valence-electron chi connectivity index (χ3n) is 2.72. The van der Waals surface area contributed by atoms with Crippen LogP contribution in [0.4, 0.5) is 0 Å². The van der Waals surface area contributed by atoms with E-state index in [2.05, 4.69) is 5.32 Å². The van der Waals surface area contributed by atoms with Gasteiger partial charge >= 0.3 is 5.97 Å². The standard InChI is InChI=1S/C13H18ClNO2S/c1-3-15-13(2,12(16)17)8-9-18-11-6-4-10(14)5-7-11/h4-7,15H,3,8-9H2,1-2H3,(H,16,17). The molecule has 100 valence electrons. The smallest absolute Gasteiger partial charge is 0.323 e. The fraction of sp³-hybridized carbons (Fsp3) is 0.462. The lowest BCUT2D eigenvalue weighted by atomic mass is 9.99. The Morgan fingerprint density at radius 1 is 1.44 bits per heavy atom. The van der Waals surface area contributed by atoms with Gasteiger partial charge in [0.15, 0.2) is 0 Å². The molecule has 0 heterocycles. The summed E-state index contributed by atoms with van der Waals surface area (Å²) >= 11 is 7.44. The molecule has 1 unspecified atom stereocenters. The summed E-state index contributed by atoms with van der Waals surface area (Å²) in [4.78, 5) is 12.3. The van der Waals surface area contributed by atoms with Crippen LogP contribution in [0.3, 0.4) is 0 Å². The minimum absolute atomic E-state index is 0.573. The average Bonchev–Trinajstić information content (AvgIpc) is 2.32. The minimum Gasteiger partial charge on any atom is -0.480 e. The van der Waals surface area contributed by atoms with Crippen LogP contribution in [0, 0.1) is 0 Å². The normalized spacial score (nSPS) is 14.2. The van der Waals surface area contributed by atoms with Crippen molar-refractivity contribution in [2.24, 2.45) is 0 Å². The summed E-state index contributed by atoms with van der Waals surface area (Å²) in [5.74, 6) is -0.0571. The van der Waals surface area contributed by atoms with Crippen LogP contribution in [0.5, 0.6) is 0 Å². The highest BCUT2D eigenvalue weighted by atomic mass is 35.5. The fourth-order valence-corrected chi connectivity index (χ4v) is 2.77. The number of hydrogen-bond acceptors (Lipinski definition) is 3. The zero-order valence-electron chi connectivity index (χ0n) is 10.6. The van der Waals surface area contributed by atoms with E-state index >= 15 is 0 Å². The molecule has 1 aromatic rings. The summed E-state index contributed by atoms with van der Waals surface area (Å²) in [6.45, 7) is 4.28. The molecule has 0 aliphatic heterocycles. The fourth-order valence-electron chi connectivity index (χ4n) is 1.56. The van der Waals surface area contributed by atoms with E-state index in [1.807, 2.05) is 31.2 Å². The van der Waals surface area contributed by atoms with E-state index < -0.39 is 11.5 Å². The third kappa shape index (κ3) is 4.52. The van der Waals surface area contributed by atoms with Crippen molar-refractivity contribution >= 4 is 29.3 Å². The van der Waals surface area contributed by atoms with Gasteiger partial charge in [0.2, 0.25) is 0 Å². The lowest BCUT2D eigenvalue weighted by molar-refractivity contribution is -0.144. The molecule has 5 heteroatoms. The molecule has 0 aliphatic rings. The molecule has 0 amide bonds. The Bertz CT molecular complexity index is 396. The van der Waals surface area contributed by atoms with Gasteiger partial charge in [0.1, 0.15) is 5.54 Å². The highest BCUT2D eigenvalue weighted by Crippen LogP contribution is 2.23. The molecule has 0 bridgehead atoms.